The van der Waals surface area contributed by atoms with Gasteiger partial charge in [0.2, 0.25) is 5.91 Å². The Hall–Kier alpha value is -1.98. The van der Waals surface area contributed by atoms with Crippen molar-refractivity contribution in [3.63, 3.8) is 0 Å². The molecule has 0 saturated carbocycles. The number of pyridine rings is 1. The van der Waals surface area contributed by atoms with Crippen molar-refractivity contribution in [1.82, 2.24) is 4.98 Å². The predicted molar refractivity (Wildman–Crippen MR) is 82.2 cm³/mol. The molecule has 22 heavy (non-hydrogen) atoms. The van der Waals surface area contributed by atoms with Crippen molar-refractivity contribution in [2.45, 2.75) is 19.4 Å². The Kier molecular flexibility index (Phi) is 4.09. The quantitative estimate of drug-likeness (QED) is 0.884. The Balaban J connectivity index is 2.01. The summed E-state index contributed by atoms with van der Waals surface area (Å²) in [5.41, 5.74) is 1.87. The number of nitrogens with zero attached hydrogens (tertiary/aromatic N) is 2. The van der Waals surface area contributed by atoms with Crippen LogP contribution in [-0.2, 0) is 11.4 Å². The number of aromatic nitrogens is 1. The number of amides is 1. The summed E-state index contributed by atoms with van der Waals surface area (Å²) in [6.07, 6.45) is 2.73. The summed E-state index contributed by atoms with van der Waals surface area (Å²) in [6, 6.07) is 6.15. The Bertz CT molecular complexity index is 736. The van der Waals surface area contributed by atoms with Gasteiger partial charge in [0.05, 0.1) is 6.61 Å². The van der Waals surface area contributed by atoms with E-state index < -0.39 is 5.82 Å². The van der Waals surface area contributed by atoms with Crippen molar-refractivity contribution >= 4 is 23.2 Å². The van der Waals surface area contributed by atoms with Crippen LogP contribution in [0.1, 0.15) is 18.4 Å². The zero-order chi connectivity index (χ0) is 15.7. The van der Waals surface area contributed by atoms with Crippen molar-refractivity contribution < 1.29 is 14.3 Å². The van der Waals surface area contributed by atoms with Gasteiger partial charge in [0, 0.05) is 36.0 Å². The fourth-order valence-corrected chi connectivity index (χ4v) is 2.83. The number of aliphatic hydroxyl groups is 1. The first-order valence-corrected chi connectivity index (χ1v) is 7.33. The number of halogens is 2. The van der Waals surface area contributed by atoms with Gasteiger partial charge in [-0.1, -0.05) is 11.6 Å². The predicted octanol–water partition coefficient (Wildman–Crippen LogP) is 3.16. The van der Waals surface area contributed by atoms with Crippen LogP contribution < -0.4 is 4.90 Å². The second-order valence-corrected chi connectivity index (χ2v) is 5.52. The lowest BCUT2D eigenvalue weighted by atomic mass is 10.0. The first-order valence-electron chi connectivity index (χ1n) is 6.95. The maximum absolute atomic E-state index is 14.5. The zero-order valence-corrected chi connectivity index (χ0v) is 12.5. The average molecular weight is 321 g/mol. The number of hydrogen-bond acceptors (Lipinski definition) is 3. The van der Waals surface area contributed by atoms with Crippen LogP contribution in [0.2, 0.25) is 5.15 Å². The lowest BCUT2D eigenvalue weighted by molar-refractivity contribution is -0.117. The second kappa shape index (κ2) is 6.02. The monoisotopic (exact) mass is 320 g/mol. The molecular weight excluding hydrogens is 307 g/mol. The van der Waals surface area contributed by atoms with E-state index in [9.17, 15) is 14.3 Å². The molecule has 0 unspecified atom stereocenters. The molecule has 0 aliphatic carbocycles. The first-order chi connectivity index (χ1) is 10.6. The van der Waals surface area contributed by atoms with Crippen LogP contribution in [0.4, 0.5) is 10.1 Å². The summed E-state index contributed by atoms with van der Waals surface area (Å²) in [4.78, 5) is 17.2. The number of benzene rings is 1. The van der Waals surface area contributed by atoms with Gasteiger partial charge in [-0.05, 0) is 36.2 Å². The van der Waals surface area contributed by atoms with Gasteiger partial charge in [0.1, 0.15) is 11.0 Å². The number of carbonyl (C=O) groups is 1. The molecule has 2 heterocycles. The fourth-order valence-electron chi connectivity index (χ4n) is 2.65. The van der Waals surface area contributed by atoms with Gasteiger partial charge in [-0.3, -0.25) is 4.79 Å². The highest BCUT2D eigenvalue weighted by atomic mass is 35.5. The maximum atomic E-state index is 14.5. The molecule has 1 aliphatic heterocycles. The standard InChI is InChI=1S/C16H14ClFN2O2/c17-15-6-10(9-21)13(8-19-15)12-4-3-11(7-14(12)18)20-5-1-2-16(20)22/h3-4,6-8,21H,1-2,5,9H2. The minimum atomic E-state index is -0.462. The van der Waals surface area contributed by atoms with Gasteiger partial charge in [0.25, 0.3) is 0 Å². The highest BCUT2D eigenvalue weighted by Gasteiger charge is 2.22. The van der Waals surface area contributed by atoms with Gasteiger partial charge >= 0.3 is 0 Å². The van der Waals surface area contributed by atoms with Gasteiger partial charge < -0.3 is 10.0 Å². The van der Waals surface area contributed by atoms with Gasteiger partial charge in [0.15, 0.2) is 0 Å². The second-order valence-electron chi connectivity index (χ2n) is 5.14. The van der Waals surface area contributed by atoms with Gasteiger partial charge in [-0.2, -0.15) is 0 Å². The van der Waals surface area contributed by atoms with Gasteiger partial charge in [-0.15, -0.1) is 0 Å². The maximum Gasteiger partial charge on any atom is 0.227 e. The van der Waals surface area contributed by atoms with Crippen molar-refractivity contribution in [2.75, 3.05) is 11.4 Å². The van der Waals surface area contributed by atoms with E-state index in [1.807, 2.05) is 0 Å². The molecule has 1 saturated heterocycles. The molecule has 1 aromatic heterocycles. The smallest absolute Gasteiger partial charge is 0.227 e. The SMILES string of the molecule is O=C1CCCN1c1ccc(-c2cnc(Cl)cc2CO)c(F)c1. The molecule has 3 rings (SSSR count). The Labute approximate surface area is 132 Å². The van der Waals surface area contributed by atoms with Crippen LogP contribution in [0.5, 0.6) is 0 Å². The highest BCUT2D eigenvalue weighted by molar-refractivity contribution is 6.29. The van der Waals surface area contributed by atoms with Gasteiger partial charge in [-0.25, -0.2) is 9.37 Å². The normalized spacial score (nSPS) is 14.7. The zero-order valence-electron chi connectivity index (χ0n) is 11.7. The molecule has 4 nitrogen and oxygen atoms in total. The highest BCUT2D eigenvalue weighted by Crippen LogP contribution is 2.31. The van der Waals surface area contributed by atoms with Crippen LogP contribution in [-0.4, -0.2) is 22.5 Å². The molecule has 6 heteroatoms. The largest absolute Gasteiger partial charge is 0.392 e. The average Bonchev–Trinajstić information content (AvgIpc) is 2.93. The van der Waals surface area contributed by atoms with Crippen molar-refractivity contribution in [3.05, 3.63) is 47.0 Å². The third-order valence-corrected chi connectivity index (χ3v) is 3.96. The summed E-state index contributed by atoms with van der Waals surface area (Å²) in [7, 11) is 0. The third kappa shape index (κ3) is 2.69. The lowest BCUT2D eigenvalue weighted by Crippen LogP contribution is -2.23. The summed E-state index contributed by atoms with van der Waals surface area (Å²) >= 11 is 5.79. The van der Waals surface area contributed by atoms with Crippen LogP contribution >= 0.6 is 11.6 Å². The Morgan fingerprint density at radius 2 is 2.14 bits per heavy atom. The number of aliphatic hydroxyl groups excluding tert-OH is 1. The molecule has 0 atom stereocenters. The van der Waals surface area contributed by atoms with Crippen LogP contribution in [0.25, 0.3) is 11.1 Å². The molecule has 1 N–H and O–H groups in total. The van der Waals surface area contributed by atoms with Crippen molar-refractivity contribution in [2.24, 2.45) is 0 Å². The molecule has 0 radical (unpaired) electrons. The summed E-state index contributed by atoms with van der Waals surface area (Å²) in [5, 5.41) is 9.64. The lowest BCUT2D eigenvalue weighted by Gasteiger charge is -2.17. The van der Waals surface area contributed by atoms with Crippen LogP contribution in [0.3, 0.4) is 0 Å². The number of hydrogen-bond donors (Lipinski definition) is 1. The number of rotatable bonds is 3. The first kappa shape index (κ1) is 14.9. The van der Waals surface area contributed by atoms with E-state index in [0.29, 0.717) is 35.3 Å². The van der Waals surface area contributed by atoms with E-state index in [4.69, 9.17) is 11.6 Å². The Morgan fingerprint density at radius 1 is 1.32 bits per heavy atom. The summed E-state index contributed by atoms with van der Waals surface area (Å²) in [5.74, 6) is -0.452. The topological polar surface area (TPSA) is 53.4 Å². The van der Waals surface area contributed by atoms with Crippen LogP contribution in [0, 0.1) is 5.82 Å². The van der Waals surface area contributed by atoms with E-state index in [1.54, 1.807) is 17.0 Å². The molecule has 0 bridgehead atoms. The molecular formula is C16H14ClFN2O2. The fraction of sp³-hybridized carbons (Fsp3) is 0.250. The van der Waals surface area contributed by atoms with E-state index in [1.165, 1.54) is 18.3 Å². The van der Waals surface area contributed by atoms with Crippen LogP contribution in [0.15, 0.2) is 30.5 Å². The van der Waals surface area contributed by atoms with E-state index >= 15 is 0 Å². The minimum Gasteiger partial charge on any atom is -0.392 e. The minimum absolute atomic E-state index is 0.0105. The molecule has 114 valence electrons. The summed E-state index contributed by atoms with van der Waals surface area (Å²) in [6.45, 7) is 0.353. The van der Waals surface area contributed by atoms with E-state index in [-0.39, 0.29) is 17.7 Å². The molecule has 2 aromatic rings. The van der Waals surface area contributed by atoms with Crippen molar-refractivity contribution in [1.29, 1.82) is 0 Å². The van der Waals surface area contributed by atoms with Crippen molar-refractivity contribution in [3.8, 4) is 11.1 Å². The third-order valence-electron chi connectivity index (χ3n) is 3.75. The van der Waals surface area contributed by atoms with E-state index in [2.05, 4.69) is 4.98 Å². The summed E-state index contributed by atoms with van der Waals surface area (Å²) < 4.78 is 14.5. The molecule has 1 aliphatic rings. The van der Waals surface area contributed by atoms with E-state index in [0.717, 1.165) is 6.42 Å². The molecule has 1 fully saturated rings. The Morgan fingerprint density at radius 3 is 2.77 bits per heavy atom. The number of anilines is 1. The molecule has 1 aromatic carbocycles. The molecule has 1 amide bonds. The number of carbonyl (C=O) groups excluding carboxylic acids is 1. The molecule has 0 spiro atoms.